The zero-order valence-corrected chi connectivity index (χ0v) is 16.3. The van der Waals surface area contributed by atoms with E-state index in [0.717, 1.165) is 51.6 Å². The number of rotatable bonds is 6. The normalized spacial score (nSPS) is 23.9. The highest BCUT2D eigenvalue weighted by atomic mass is 16.3. The molecule has 4 rings (SSSR count). The van der Waals surface area contributed by atoms with E-state index in [1.165, 1.54) is 24.8 Å². The molecule has 1 atom stereocenters. The van der Waals surface area contributed by atoms with Crippen LogP contribution in [0.3, 0.4) is 0 Å². The van der Waals surface area contributed by atoms with Crippen molar-refractivity contribution in [3.63, 3.8) is 0 Å². The Balaban J connectivity index is 1.32. The average molecular weight is 373 g/mol. The van der Waals surface area contributed by atoms with Crippen LogP contribution in [0.15, 0.2) is 24.8 Å². The molecule has 2 aromatic heterocycles. The molecule has 0 aromatic carbocycles. The van der Waals surface area contributed by atoms with E-state index in [2.05, 4.69) is 38.0 Å². The number of aryl methyl sites for hydroxylation is 1. The summed E-state index contributed by atoms with van der Waals surface area (Å²) < 4.78 is 2.00. The van der Waals surface area contributed by atoms with E-state index in [0.29, 0.717) is 11.3 Å². The van der Waals surface area contributed by atoms with Crippen LogP contribution < -0.4 is 0 Å². The summed E-state index contributed by atoms with van der Waals surface area (Å²) in [5.74, 6) is 1.39. The largest absolute Gasteiger partial charge is 0.396 e. The molecule has 2 aliphatic heterocycles. The van der Waals surface area contributed by atoms with Crippen LogP contribution >= 0.6 is 0 Å². The van der Waals surface area contributed by atoms with Gasteiger partial charge in [0.05, 0.1) is 12.7 Å². The smallest absolute Gasteiger partial charge is 0.120 e. The van der Waals surface area contributed by atoms with Crippen molar-refractivity contribution >= 4 is 0 Å². The Morgan fingerprint density at radius 3 is 2.59 bits per heavy atom. The Hall–Kier alpha value is -1.70. The van der Waals surface area contributed by atoms with E-state index < -0.39 is 0 Å². The number of aliphatic hydroxyl groups excluding tert-OH is 1. The number of piperidine rings is 2. The van der Waals surface area contributed by atoms with Crippen molar-refractivity contribution in [3.05, 3.63) is 36.2 Å². The Kier molecular flexibility index (Phi) is 5.61. The lowest BCUT2D eigenvalue weighted by Gasteiger charge is -2.51. The number of hydrogen-bond donors (Lipinski definition) is 2. The first kappa shape index (κ1) is 18.7. The van der Waals surface area contributed by atoms with Crippen molar-refractivity contribution in [1.82, 2.24) is 29.5 Å². The number of H-pyrrole nitrogens is 1. The fourth-order valence-electron chi connectivity index (χ4n) is 4.91. The molecule has 7 nitrogen and oxygen atoms in total. The Labute approximate surface area is 161 Å². The van der Waals surface area contributed by atoms with Gasteiger partial charge in [0.2, 0.25) is 0 Å². The van der Waals surface area contributed by atoms with Crippen molar-refractivity contribution in [1.29, 1.82) is 0 Å². The Bertz CT molecular complexity index is 704. The highest BCUT2D eigenvalue weighted by Crippen LogP contribution is 2.45. The van der Waals surface area contributed by atoms with Gasteiger partial charge < -0.3 is 10.1 Å². The molecule has 1 spiro atoms. The monoisotopic (exact) mass is 372 g/mol. The van der Waals surface area contributed by atoms with E-state index in [9.17, 15) is 5.11 Å². The molecule has 0 saturated carbocycles. The van der Waals surface area contributed by atoms with Crippen molar-refractivity contribution < 1.29 is 5.11 Å². The van der Waals surface area contributed by atoms with Gasteiger partial charge in [0, 0.05) is 56.3 Å². The van der Waals surface area contributed by atoms with E-state index in [4.69, 9.17) is 0 Å². The minimum Gasteiger partial charge on any atom is -0.396 e. The summed E-state index contributed by atoms with van der Waals surface area (Å²) in [6.45, 7) is 9.49. The molecule has 0 amide bonds. The van der Waals surface area contributed by atoms with Gasteiger partial charge in [-0.2, -0.15) is 5.10 Å². The van der Waals surface area contributed by atoms with E-state index in [1.807, 2.05) is 23.3 Å². The molecular formula is C20H32N6O. The lowest BCUT2D eigenvalue weighted by atomic mass is 9.64. The number of hydrogen-bond acceptors (Lipinski definition) is 5. The van der Waals surface area contributed by atoms with Crippen LogP contribution in [-0.4, -0.2) is 67.4 Å². The lowest BCUT2D eigenvalue weighted by Crippen LogP contribution is -2.53. The van der Waals surface area contributed by atoms with Crippen LogP contribution in [0.25, 0.3) is 0 Å². The average Bonchev–Trinajstić information content (AvgIpc) is 3.37. The summed E-state index contributed by atoms with van der Waals surface area (Å²) in [4.78, 5) is 12.5. The molecule has 2 N–H and O–H groups in total. The summed E-state index contributed by atoms with van der Waals surface area (Å²) in [6.07, 6.45) is 11.4. The second-order valence-corrected chi connectivity index (χ2v) is 8.24. The maximum absolute atomic E-state index is 10.1. The number of aromatic amines is 1. The molecule has 2 saturated heterocycles. The number of aliphatic hydroxyl groups is 1. The van der Waals surface area contributed by atoms with Crippen LogP contribution in [0, 0.1) is 11.3 Å². The zero-order valence-electron chi connectivity index (χ0n) is 16.3. The fourth-order valence-corrected chi connectivity index (χ4v) is 4.91. The van der Waals surface area contributed by atoms with Gasteiger partial charge in [-0.05, 0) is 51.2 Å². The van der Waals surface area contributed by atoms with Gasteiger partial charge in [-0.3, -0.25) is 14.5 Å². The molecule has 0 radical (unpaired) electrons. The second-order valence-electron chi connectivity index (χ2n) is 8.24. The maximum atomic E-state index is 10.1. The van der Waals surface area contributed by atoms with Crippen LogP contribution in [-0.2, 0) is 19.6 Å². The molecule has 27 heavy (non-hydrogen) atoms. The van der Waals surface area contributed by atoms with Gasteiger partial charge in [0.1, 0.15) is 5.82 Å². The van der Waals surface area contributed by atoms with Crippen molar-refractivity contribution in [3.8, 4) is 0 Å². The number of aromatic nitrogens is 4. The van der Waals surface area contributed by atoms with Gasteiger partial charge in [-0.1, -0.05) is 0 Å². The highest BCUT2D eigenvalue weighted by molar-refractivity contribution is 5.05. The van der Waals surface area contributed by atoms with Crippen LogP contribution in [0.1, 0.15) is 37.6 Å². The summed E-state index contributed by atoms with van der Waals surface area (Å²) in [5.41, 5.74) is 1.61. The van der Waals surface area contributed by atoms with E-state index in [-0.39, 0.29) is 6.61 Å². The summed E-state index contributed by atoms with van der Waals surface area (Å²) >= 11 is 0. The molecule has 0 bridgehead atoms. The van der Waals surface area contributed by atoms with Crippen LogP contribution in [0.5, 0.6) is 0 Å². The number of nitrogens with one attached hydrogen (secondary N) is 1. The molecule has 148 valence electrons. The van der Waals surface area contributed by atoms with Gasteiger partial charge in [-0.25, -0.2) is 4.98 Å². The molecule has 7 heteroatoms. The van der Waals surface area contributed by atoms with Gasteiger partial charge >= 0.3 is 0 Å². The molecule has 4 heterocycles. The van der Waals surface area contributed by atoms with Crippen LogP contribution in [0.4, 0.5) is 0 Å². The lowest BCUT2D eigenvalue weighted by molar-refractivity contribution is -0.0454. The Morgan fingerprint density at radius 1 is 1.19 bits per heavy atom. The van der Waals surface area contributed by atoms with E-state index >= 15 is 0 Å². The van der Waals surface area contributed by atoms with Gasteiger partial charge in [0.25, 0.3) is 0 Å². The first-order valence-electron chi connectivity index (χ1n) is 10.3. The third-order valence-corrected chi connectivity index (χ3v) is 6.69. The quantitative estimate of drug-likeness (QED) is 0.808. The fraction of sp³-hybridized carbons (Fsp3) is 0.700. The molecule has 1 unspecified atom stereocenters. The molecule has 0 aliphatic carbocycles. The first-order chi connectivity index (χ1) is 13.2. The topological polar surface area (TPSA) is 73.2 Å². The standard InChI is InChI=1S/C20H32N6O/c1-2-26-13-17(11-23-26)12-24-8-3-20(4-9-24)5-10-25(14-18(20)16-27)15-19-21-6-7-22-19/h6-7,11,13,18,27H,2-5,8-10,12,14-16H2,1H3,(H,21,22). The number of nitrogens with zero attached hydrogens (tertiary/aromatic N) is 5. The van der Waals surface area contributed by atoms with E-state index in [1.54, 1.807) is 0 Å². The van der Waals surface area contributed by atoms with Crippen molar-refractivity contribution in [2.75, 3.05) is 32.8 Å². The maximum Gasteiger partial charge on any atom is 0.120 e. The van der Waals surface area contributed by atoms with Gasteiger partial charge in [0.15, 0.2) is 0 Å². The molecular weight excluding hydrogens is 340 g/mol. The highest BCUT2D eigenvalue weighted by Gasteiger charge is 2.44. The molecule has 2 aromatic rings. The van der Waals surface area contributed by atoms with Crippen LogP contribution in [0.2, 0.25) is 0 Å². The summed E-state index contributed by atoms with van der Waals surface area (Å²) in [5, 5.41) is 14.5. The Morgan fingerprint density at radius 2 is 1.96 bits per heavy atom. The van der Waals surface area contributed by atoms with Crippen molar-refractivity contribution in [2.24, 2.45) is 11.3 Å². The third kappa shape index (κ3) is 4.10. The predicted octanol–water partition coefficient (Wildman–Crippen LogP) is 1.72. The second kappa shape index (κ2) is 8.12. The molecule has 2 aliphatic rings. The predicted molar refractivity (Wildman–Crippen MR) is 104 cm³/mol. The van der Waals surface area contributed by atoms with Crippen molar-refractivity contribution in [2.45, 2.75) is 45.8 Å². The molecule has 2 fully saturated rings. The minimum atomic E-state index is 0.290. The summed E-state index contributed by atoms with van der Waals surface area (Å²) in [7, 11) is 0. The number of likely N-dealkylation sites (tertiary alicyclic amines) is 2. The first-order valence-corrected chi connectivity index (χ1v) is 10.3. The summed E-state index contributed by atoms with van der Waals surface area (Å²) in [6, 6.07) is 0. The zero-order chi connectivity index (χ0) is 18.7. The number of imidazole rings is 1. The van der Waals surface area contributed by atoms with Gasteiger partial charge in [-0.15, -0.1) is 0 Å². The minimum absolute atomic E-state index is 0.290. The SMILES string of the molecule is CCn1cc(CN2CCC3(CC2)CCN(Cc2ncc[nH]2)CC3CO)cn1. The third-order valence-electron chi connectivity index (χ3n) is 6.69.